The van der Waals surface area contributed by atoms with Gasteiger partial charge in [-0.05, 0) is 55.4 Å². The summed E-state index contributed by atoms with van der Waals surface area (Å²) in [6, 6.07) is 16.7. The predicted octanol–water partition coefficient (Wildman–Crippen LogP) is 6.01. The Labute approximate surface area is 190 Å². The molecule has 0 amide bonds. The van der Waals surface area contributed by atoms with Gasteiger partial charge in [0.1, 0.15) is 5.82 Å². The molecule has 0 spiro atoms. The van der Waals surface area contributed by atoms with Crippen LogP contribution in [-0.2, 0) is 19.6 Å². The summed E-state index contributed by atoms with van der Waals surface area (Å²) in [6.07, 6.45) is 0. The van der Waals surface area contributed by atoms with Crippen LogP contribution < -0.4 is 5.32 Å². The Hall–Kier alpha value is -3.58. The maximum Gasteiger partial charge on any atom is 0.160 e. The molecular weight excluding hydrogens is 425 g/mol. The van der Waals surface area contributed by atoms with Crippen molar-refractivity contribution in [1.82, 2.24) is 14.7 Å². The van der Waals surface area contributed by atoms with Crippen LogP contribution in [0.25, 0.3) is 11.3 Å². The highest BCUT2D eigenvalue weighted by molar-refractivity contribution is 5.67. The van der Waals surface area contributed by atoms with Crippen LogP contribution in [-0.4, -0.2) is 21.7 Å². The minimum Gasteiger partial charge on any atom is -0.355 e. The van der Waals surface area contributed by atoms with Crippen LogP contribution in [0.1, 0.15) is 22.4 Å². The molecule has 33 heavy (non-hydrogen) atoms. The highest BCUT2D eigenvalue weighted by Crippen LogP contribution is 2.34. The molecule has 0 saturated carbocycles. The van der Waals surface area contributed by atoms with Crippen LogP contribution in [0.5, 0.6) is 0 Å². The highest BCUT2D eigenvalue weighted by atomic mass is 19.2. The molecule has 0 fully saturated rings. The fourth-order valence-electron chi connectivity index (χ4n) is 4.35. The Morgan fingerprint density at radius 3 is 2.52 bits per heavy atom. The van der Waals surface area contributed by atoms with E-state index in [0.717, 1.165) is 47.4 Å². The van der Waals surface area contributed by atoms with Gasteiger partial charge in [0.15, 0.2) is 11.6 Å². The molecule has 168 valence electrons. The molecule has 1 aliphatic heterocycles. The zero-order valence-electron chi connectivity index (χ0n) is 18.4. The van der Waals surface area contributed by atoms with E-state index < -0.39 is 11.6 Å². The first-order valence-electron chi connectivity index (χ1n) is 10.7. The van der Waals surface area contributed by atoms with E-state index in [4.69, 9.17) is 5.10 Å². The molecule has 0 atom stereocenters. The van der Waals surface area contributed by atoms with Gasteiger partial charge in [0.05, 0.1) is 17.9 Å². The first-order valence-corrected chi connectivity index (χ1v) is 10.7. The summed E-state index contributed by atoms with van der Waals surface area (Å²) < 4.78 is 43.8. The smallest absolute Gasteiger partial charge is 0.160 e. The van der Waals surface area contributed by atoms with Gasteiger partial charge in [-0.15, -0.1) is 0 Å². The van der Waals surface area contributed by atoms with E-state index in [1.807, 2.05) is 42.1 Å². The lowest BCUT2D eigenvalue weighted by Gasteiger charge is -2.14. The second kappa shape index (κ2) is 8.41. The molecule has 0 aliphatic carbocycles. The molecule has 1 N–H and O–H groups in total. The summed E-state index contributed by atoms with van der Waals surface area (Å²) in [7, 11) is 2.02. The molecular formula is C26H23F3N4. The summed E-state index contributed by atoms with van der Waals surface area (Å²) in [4.78, 5) is 2.15. The van der Waals surface area contributed by atoms with E-state index in [1.54, 1.807) is 19.1 Å². The van der Waals surface area contributed by atoms with Crippen LogP contribution in [0.15, 0.2) is 60.7 Å². The first-order chi connectivity index (χ1) is 15.9. The number of nitrogens with one attached hydrogen (secondary N) is 1. The number of nitrogens with zero attached hydrogens (tertiary/aromatic N) is 3. The Balaban J connectivity index is 1.48. The fraction of sp³-hybridized carbons (Fsp3) is 0.192. The van der Waals surface area contributed by atoms with E-state index in [-0.39, 0.29) is 5.82 Å². The summed E-state index contributed by atoms with van der Waals surface area (Å²) >= 11 is 0. The highest BCUT2D eigenvalue weighted by Gasteiger charge is 2.27. The molecule has 4 nitrogen and oxygen atoms in total. The Kier molecular flexibility index (Phi) is 5.42. The number of anilines is 2. The van der Waals surface area contributed by atoms with Crippen LogP contribution in [0.3, 0.4) is 0 Å². The Morgan fingerprint density at radius 2 is 1.70 bits per heavy atom. The number of hydrogen-bond acceptors (Lipinski definition) is 3. The molecule has 3 aromatic carbocycles. The number of aryl methyl sites for hydroxylation is 1. The number of rotatable bonds is 5. The van der Waals surface area contributed by atoms with E-state index in [2.05, 4.69) is 10.2 Å². The summed E-state index contributed by atoms with van der Waals surface area (Å²) in [5.41, 5.74) is 6.14. The van der Waals surface area contributed by atoms with Crippen molar-refractivity contribution in [3.63, 3.8) is 0 Å². The van der Waals surface area contributed by atoms with Crippen molar-refractivity contribution in [2.45, 2.75) is 26.6 Å². The van der Waals surface area contributed by atoms with Crippen molar-refractivity contribution >= 4 is 11.4 Å². The number of halogens is 3. The molecule has 0 bridgehead atoms. The van der Waals surface area contributed by atoms with E-state index >= 15 is 0 Å². The topological polar surface area (TPSA) is 33.1 Å². The van der Waals surface area contributed by atoms with Crippen molar-refractivity contribution < 1.29 is 13.2 Å². The molecule has 4 aromatic rings. The zero-order chi connectivity index (χ0) is 23.1. The molecule has 1 aromatic heterocycles. The fourth-order valence-corrected chi connectivity index (χ4v) is 4.35. The zero-order valence-corrected chi connectivity index (χ0v) is 18.4. The molecule has 0 radical (unpaired) electrons. The third-order valence-electron chi connectivity index (χ3n) is 5.92. The van der Waals surface area contributed by atoms with Gasteiger partial charge < -0.3 is 5.32 Å². The second-order valence-electron chi connectivity index (χ2n) is 8.49. The maximum absolute atomic E-state index is 14.7. The van der Waals surface area contributed by atoms with Crippen molar-refractivity contribution in [3.8, 4) is 11.3 Å². The van der Waals surface area contributed by atoms with Gasteiger partial charge in [-0.3, -0.25) is 9.58 Å². The van der Waals surface area contributed by atoms with Gasteiger partial charge >= 0.3 is 0 Å². The van der Waals surface area contributed by atoms with Crippen molar-refractivity contribution in [1.29, 1.82) is 0 Å². The standard InChI is InChI=1S/C26H23F3N4/c1-16-10-22(28)23(29)12-24(16)30-18-7-5-6-17(11-18)13-33-26(19-8-3-4-9-21(19)27)20-14-32(2)15-25(20)31-33/h3-12,30H,13-15H2,1-2H3. The van der Waals surface area contributed by atoms with Crippen LogP contribution in [0.4, 0.5) is 24.5 Å². The Morgan fingerprint density at radius 1 is 0.909 bits per heavy atom. The second-order valence-corrected chi connectivity index (χ2v) is 8.49. The summed E-state index contributed by atoms with van der Waals surface area (Å²) in [6.45, 7) is 3.61. The van der Waals surface area contributed by atoms with Crippen molar-refractivity contribution in [3.05, 3.63) is 100 Å². The number of fused-ring (bicyclic) bond motifs is 1. The monoisotopic (exact) mass is 448 g/mol. The van der Waals surface area contributed by atoms with Gasteiger partial charge in [0.25, 0.3) is 0 Å². The van der Waals surface area contributed by atoms with Crippen molar-refractivity contribution in [2.24, 2.45) is 0 Å². The molecule has 2 heterocycles. The first kappa shape index (κ1) is 21.3. The minimum absolute atomic E-state index is 0.278. The summed E-state index contributed by atoms with van der Waals surface area (Å²) in [5.74, 6) is -2.05. The third kappa shape index (κ3) is 4.12. The van der Waals surface area contributed by atoms with Gasteiger partial charge in [0.2, 0.25) is 0 Å². The lowest BCUT2D eigenvalue weighted by atomic mass is 10.1. The average Bonchev–Trinajstić information content (AvgIpc) is 3.28. The van der Waals surface area contributed by atoms with Crippen molar-refractivity contribution in [2.75, 3.05) is 12.4 Å². The number of benzene rings is 3. The predicted molar refractivity (Wildman–Crippen MR) is 123 cm³/mol. The average molecular weight is 448 g/mol. The maximum atomic E-state index is 14.7. The Bertz CT molecular complexity index is 1350. The lowest BCUT2D eigenvalue weighted by Crippen LogP contribution is -2.13. The van der Waals surface area contributed by atoms with Crippen LogP contribution in [0.2, 0.25) is 0 Å². The van der Waals surface area contributed by atoms with Crippen LogP contribution >= 0.6 is 0 Å². The van der Waals surface area contributed by atoms with E-state index in [0.29, 0.717) is 23.4 Å². The summed E-state index contributed by atoms with van der Waals surface area (Å²) in [5, 5.41) is 7.96. The van der Waals surface area contributed by atoms with E-state index in [1.165, 1.54) is 12.1 Å². The molecule has 5 rings (SSSR count). The van der Waals surface area contributed by atoms with Gasteiger partial charge in [0, 0.05) is 41.7 Å². The quantitative estimate of drug-likeness (QED) is 0.406. The minimum atomic E-state index is -0.898. The lowest BCUT2D eigenvalue weighted by molar-refractivity contribution is 0.346. The van der Waals surface area contributed by atoms with Gasteiger partial charge in [-0.25, -0.2) is 13.2 Å². The molecule has 7 heteroatoms. The normalized spacial score (nSPS) is 13.4. The van der Waals surface area contributed by atoms with Crippen LogP contribution in [0, 0.1) is 24.4 Å². The molecule has 0 unspecified atom stereocenters. The largest absolute Gasteiger partial charge is 0.355 e. The SMILES string of the molecule is Cc1cc(F)c(F)cc1Nc1cccc(Cn2nc3c(c2-c2ccccc2F)CN(C)C3)c1. The molecule has 1 aliphatic rings. The van der Waals surface area contributed by atoms with E-state index in [9.17, 15) is 13.2 Å². The number of hydrogen-bond donors (Lipinski definition) is 1. The molecule has 0 saturated heterocycles. The third-order valence-corrected chi connectivity index (χ3v) is 5.92. The van der Waals surface area contributed by atoms with Gasteiger partial charge in [-0.1, -0.05) is 24.3 Å². The number of aromatic nitrogens is 2. The van der Waals surface area contributed by atoms with Gasteiger partial charge in [-0.2, -0.15) is 5.10 Å².